The largest absolute Gasteiger partial charge is 0.327 e. The monoisotopic (exact) mass is 325 g/mol. The van der Waals surface area contributed by atoms with Gasteiger partial charge in [-0.15, -0.1) is 0 Å². The van der Waals surface area contributed by atoms with E-state index in [4.69, 9.17) is 5.73 Å². The number of anilines is 1. The molecule has 0 aliphatic carbocycles. The van der Waals surface area contributed by atoms with Crippen molar-refractivity contribution in [2.24, 2.45) is 5.73 Å². The van der Waals surface area contributed by atoms with Crippen molar-refractivity contribution in [3.05, 3.63) is 59.4 Å². The van der Waals surface area contributed by atoms with Crippen molar-refractivity contribution in [1.82, 2.24) is 4.98 Å². The Morgan fingerprint density at radius 3 is 2.38 bits per heavy atom. The third-order valence-electron chi connectivity index (χ3n) is 4.10. The van der Waals surface area contributed by atoms with Crippen LogP contribution in [0.3, 0.4) is 0 Å². The molecule has 128 valence electrons. The SMILES string of the molecule is Cc1cccc(C)c1N(CCCc1ccncc1)C(=O)CC(C)N. The molecular weight excluding hydrogens is 298 g/mol. The number of hydrogen-bond acceptors (Lipinski definition) is 3. The van der Waals surface area contributed by atoms with E-state index in [1.165, 1.54) is 5.56 Å². The fraction of sp³-hybridized carbons (Fsp3) is 0.400. The molecule has 4 nitrogen and oxygen atoms in total. The lowest BCUT2D eigenvalue weighted by atomic mass is 10.1. The van der Waals surface area contributed by atoms with Crippen LogP contribution in [0, 0.1) is 13.8 Å². The van der Waals surface area contributed by atoms with Crippen LogP contribution in [0.15, 0.2) is 42.7 Å². The van der Waals surface area contributed by atoms with Gasteiger partial charge in [-0.25, -0.2) is 0 Å². The molecule has 0 aliphatic rings. The number of carbonyl (C=O) groups is 1. The molecule has 1 heterocycles. The maximum Gasteiger partial charge on any atom is 0.228 e. The third kappa shape index (κ3) is 4.90. The summed E-state index contributed by atoms with van der Waals surface area (Å²) in [6.07, 6.45) is 5.81. The molecular formula is C20H27N3O. The molecule has 1 unspecified atom stereocenters. The molecule has 0 radical (unpaired) electrons. The van der Waals surface area contributed by atoms with E-state index in [1.807, 2.05) is 30.0 Å². The molecule has 1 atom stereocenters. The molecule has 0 fully saturated rings. The zero-order valence-corrected chi connectivity index (χ0v) is 14.8. The summed E-state index contributed by atoms with van der Waals surface area (Å²) in [4.78, 5) is 18.7. The Morgan fingerprint density at radius 1 is 1.17 bits per heavy atom. The first kappa shape index (κ1) is 18.1. The molecule has 0 spiro atoms. The Kier molecular flexibility index (Phi) is 6.50. The van der Waals surface area contributed by atoms with Gasteiger partial charge in [0.15, 0.2) is 0 Å². The van der Waals surface area contributed by atoms with Crippen LogP contribution in [0.4, 0.5) is 5.69 Å². The zero-order valence-electron chi connectivity index (χ0n) is 14.8. The molecule has 1 aromatic heterocycles. The molecule has 0 bridgehead atoms. The molecule has 2 N–H and O–H groups in total. The second-order valence-corrected chi connectivity index (χ2v) is 6.43. The molecule has 1 amide bonds. The van der Waals surface area contributed by atoms with Crippen LogP contribution in [0.25, 0.3) is 0 Å². The van der Waals surface area contributed by atoms with Gasteiger partial charge in [0, 0.05) is 37.1 Å². The maximum absolute atomic E-state index is 12.7. The molecule has 24 heavy (non-hydrogen) atoms. The van der Waals surface area contributed by atoms with E-state index in [-0.39, 0.29) is 11.9 Å². The number of para-hydroxylation sites is 1. The maximum atomic E-state index is 12.7. The van der Waals surface area contributed by atoms with Crippen molar-refractivity contribution in [1.29, 1.82) is 0 Å². The van der Waals surface area contributed by atoms with Gasteiger partial charge in [0.1, 0.15) is 0 Å². The molecule has 2 aromatic rings. The van der Waals surface area contributed by atoms with E-state index in [0.717, 1.165) is 29.7 Å². The van der Waals surface area contributed by atoms with E-state index in [0.29, 0.717) is 13.0 Å². The second-order valence-electron chi connectivity index (χ2n) is 6.43. The molecule has 1 aromatic carbocycles. The van der Waals surface area contributed by atoms with Crippen molar-refractivity contribution < 1.29 is 4.79 Å². The summed E-state index contributed by atoms with van der Waals surface area (Å²) >= 11 is 0. The number of aryl methyl sites for hydroxylation is 3. The summed E-state index contributed by atoms with van der Waals surface area (Å²) in [6.45, 7) is 6.67. The zero-order chi connectivity index (χ0) is 17.5. The van der Waals surface area contributed by atoms with Crippen molar-refractivity contribution in [2.45, 2.75) is 46.1 Å². The number of nitrogens with two attached hydrogens (primary N) is 1. The van der Waals surface area contributed by atoms with Gasteiger partial charge in [-0.1, -0.05) is 18.2 Å². The topological polar surface area (TPSA) is 59.2 Å². The van der Waals surface area contributed by atoms with E-state index in [9.17, 15) is 4.79 Å². The van der Waals surface area contributed by atoms with Gasteiger partial charge in [0.2, 0.25) is 5.91 Å². The van der Waals surface area contributed by atoms with Crippen LogP contribution in [0.1, 0.15) is 36.5 Å². The highest BCUT2D eigenvalue weighted by Crippen LogP contribution is 2.26. The first-order valence-electron chi connectivity index (χ1n) is 8.50. The first-order valence-corrected chi connectivity index (χ1v) is 8.50. The minimum atomic E-state index is -0.135. The Bertz CT molecular complexity index is 648. The number of nitrogens with zero attached hydrogens (tertiary/aromatic N) is 2. The summed E-state index contributed by atoms with van der Waals surface area (Å²) < 4.78 is 0. The molecule has 0 aliphatic heterocycles. The molecule has 0 saturated heterocycles. The van der Waals surface area contributed by atoms with E-state index >= 15 is 0 Å². The third-order valence-corrected chi connectivity index (χ3v) is 4.10. The molecule has 4 heteroatoms. The van der Waals surface area contributed by atoms with Gasteiger partial charge in [-0.3, -0.25) is 9.78 Å². The van der Waals surface area contributed by atoms with Crippen molar-refractivity contribution >= 4 is 11.6 Å². The summed E-state index contributed by atoms with van der Waals surface area (Å²) in [7, 11) is 0. The van der Waals surface area contributed by atoms with Crippen LogP contribution < -0.4 is 10.6 Å². The number of rotatable bonds is 7. The van der Waals surface area contributed by atoms with Crippen LogP contribution in [0.2, 0.25) is 0 Å². The number of benzene rings is 1. The lowest BCUT2D eigenvalue weighted by Crippen LogP contribution is -2.36. The Labute approximate surface area is 144 Å². The van der Waals surface area contributed by atoms with Gasteiger partial charge in [0.05, 0.1) is 0 Å². The van der Waals surface area contributed by atoms with Gasteiger partial charge < -0.3 is 10.6 Å². The summed E-state index contributed by atoms with van der Waals surface area (Å²) in [5.41, 5.74) is 10.4. The van der Waals surface area contributed by atoms with Crippen LogP contribution >= 0.6 is 0 Å². The molecule has 2 rings (SSSR count). The summed E-state index contributed by atoms with van der Waals surface area (Å²) in [5, 5.41) is 0. The number of pyridine rings is 1. The van der Waals surface area contributed by atoms with Crippen LogP contribution in [-0.4, -0.2) is 23.5 Å². The fourth-order valence-electron chi connectivity index (χ4n) is 2.97. The van der Waals surface area contributed by atoms with E-state index in [2.05, 4.69) is 31.0 Å². The number of hydrogen-bond donors (Lipinski definition) is 1. The molecule has 0 saturated carbocycles. The fourth-order valence-corrected chi connectivity index (χ4v) is 2.97. The van der Waals surface area contributed by atoms with Crippen molar-refractivity contribution in [3.63, 3.8) is 0 Å². The minimum absolute atomic E-state index is 0.0946. The highest BCUT2D eigenvalue weighted by atomic mass is 16.2. The standard InChI is InChI=1S/C20H27N3O/c1-15-6-4-7-16(2)20(15)23(19(24)14-17(3)21)13-5-8-18-9-11-22-12-10-18/h4,6-7,9-12,17H,5,8,13-14,21H2,1-3H3. The quantitative estimate of drug-likeness (QED) is 0.849. The lowest BCUT2D eigenvalue weighted by Gasteiger charge is -2.27. The Balaban J connectivity index is 2.15. The van der Waals surface area contributed by atoms with Crippen LogP contribution in [-0.2, 0) is 11.2 Å². The van der Waals surface area contributed by atoms with Gasteiger partial charge >= 0.3 is 0 Å². The number of amides is 1. The summed E-state index contributed by atoms with van der Waals surface area (Å²) in [5.74, 6) is 0.0946. The highest BCUT2D eigenvalue weighted by Gasteiger charge is 2.20. The predicted octanol–water partition coefficient (Wildman–Crippen LogP) is 3.40. The average molecular weight is 325 g/mol. The van der Waals surface area contributed by atoms with Crippen molar-refractivity contribution in [3.8, 4) is 0 Å². The van der Waals surface area contributed by atoms with Gasteiger partial charge in [-0.2, -0.15) is 0 Å². The Hall–Kier alpha value is -2.20. The number of carbonyl (C=O) groups excluding carboxylic acids is 1. The smallest absolute Gasteiger partial charge is 0.228 e. The lowest BCUT2D eigenvalue weighted by molar-refractivity contribution is -0.118. The first-order chi connectivity index (χ1) is 11.5. The van der Waals surface area contributed by atoms with E-state index in [1.54, 1.807) is 12.4 Å². The minimum Gasteiger partial charge on any atom is -0.327 e. The number of aromatic nitrogens is 1. The Morgan fingerprint density at radius 2 is 1.79 bits per heavy atom. The highest BCUT2D eigenvalue weighted by molar-refractivity contribution is 5.95. The average Bonchev–Trinajstić information content (AvgIpc) is 2.53. The summed E-state index contributed by atoms with van der Waals surface area (Å²) in [6, 6.07) is 10.0. The van der Waals surface area contributed by atoms with Gasteiger partial charge in [0.25, 0.3) is 0 Å². The van der Waals surface area contributed by atoms with Gasteiger partial charge in [-0.05, 0) is 62.4 Å². The van der Waals surface area contributed by atoms with E-state index < -0.39 is 0 Å². The predicted molar refractivity (Wildman–Crippen MR) is 99.1 cm³/mol. The van der Waals surface area contributed by atoms with Crippen molar-refractivity contribution in [2.75, 3.05) is 11.4 Å². The van der Waals surface area contributed by atoms with Crippen LogP contribution in [0.5, 0.6) is 0 Å². The second kappa shape index (κ2) is 8.60. The normalized spacial score (nSPS) is 12.0.